The second-order valence-corrected chi connectivity index (χ2v) is 5.91. The lowest BCUT2D eigenvalue weighted by molar-refractivity contribution is 0.0957. The Kier molecular flexibility index (Phi) is 4.93. The zero-order valence-corrected chi connectivity index (χ0v) is 12.8. The van der Waals surface area contributed by atoms with Crippen molar-refractivity contribution in [2.24, 2.45) is 5.84 Å². The average molecular weight is 307 g/mol. The number of amides is 1. The number of carbonyl (C=O) groups excluding carboxylic acids is 1. The highest BCUT2D eigenvalue weighted by molar-refractivity contribution is 7.14. The van der Waals surface area contributed by atoms with Crippen LogP contribution in [0.5, 0.6) is 0 Å². The van der Waals surface area contributed by atoms with E-state index >= 15 is 0 Å². The van der Waals surface area contributed by atoms with E-state index in [9.17, 15) is 9.18 Å². The van der Waals surface area contributed by atoms with E-state index in [1.54, 1.807) is 12.1 Å². The lowest BCUT2D eigenvalue weighted by atomic mass is 10.2. The number of hydrazine groups is 1. The number of carbonyl (C=O) groups is 1. The average Bonchev–Trinajstić information content (AvgIpc) is 2.86. The molecule has 112 valence electrons. The van der Waals surface area contributed by atoms with E-state index < -0.39 is 0 Å². The van der Waals surface area contributed by atoms with Crippen LogP contribution in [0.1, 0.15) is 27.0 Å². The maximum absolute atomic E-state index is 13.0. The SMILES string of the molecule is CCN(Cc1cc(C(=O)NN)sc1C)c1ccc(F)cc1. The normalized spacial score (nSPS) is 10.5. The molecular formula is C15H18FN3OS. The molecular weight excluding hydrogens is 289 g/mol. The van der Waals surface area contributed by atoms with E-state index in [2.05, 4.69) is 10.3 Å². The molecule has 2 rings (SSSR count). The number of halogens is 1. The molecule has 0 radical (unpaired) electrons. The van der Waals surface area contributed by atoms with Gasteiger partial charge in [-0.15, -0.1) is 11.3 Å². The van der Waals surface area contributed by atoms with Crippen molar-refractivity contribution in [2.75, 3.05) is 11.4 Å². The minimum absolute atomic E-state index is 0.247. The molecule has 6 heteroatoms. The molecule has 0 aliphatic rings. The molecule has 0 saturated heterocycles. The molecule has 1 aromatic carbocycles. The number of nitrogen functional groups attached to an aromatic ring is 1. The summed E-state index contributed by atoms with van der Waals surface area (Å²) in [5.41, 5.74) is 4.17. The van der Waals surface area contributed by atoms with Gasteiger partial charge >= 0.3 is 0 Å². The number of thiophene rings is 1. The molecule has 0 bridgehead atoms. The minimum Gasteiger partial charge on any atom is -0.367 e. The molecule has 3 N–H and O–H groups in total. The van der Waals surface area contributed by atoms with Crippen LogP contribution in [0.25, 0.3) is 0 Å². The fraction of sp³-hybridized carbons (Fsp3) is 0.267. The Morgan fingerprint density at radius 1 is 1.38 bits per heavy atom. The van der Waals surface area contributed by atoms with Crippen LogP contribution in [0.15, 0.2) is 30.3 Å². The highest BCUT2D eigenvalue weighted by Crippen LogP contribution is 2.25. The topological polar surface area (TPSA) is 58.4 Å². The molecule has 0 aliphatic heterocycles. The lowest BCUT2D eigenvalue weighted by Crippen LogP contribution is -2.29. The van der Waals surface area contributed by atoms with Crippen molar-refractivity contribution in [2.45, 2.75) is 20.4 Å². The number of nitrogens with zero attached hydrogens (tertiary/aromatic N) is 1. The first-order chi connectivity index (χ1) is 10.0. The van der Waals surface area contributed by atoms with Crippen molar-refractivity contribution in [1.82, 2.24) is 5.43 Å². The molecule has 0 aliphatic carbocycles. The predicted octanol–water partition coefficient (Wildman–Crippen LogP) is 2.83. The van der Waals surface area contributed by atoms with Crippen LogP contribution in [0.4, 0.5) is 10.1 Å². The zero-order chi connectivity index (χ0) is 15.4. The van der Waals surface area contributed by atoms with Crippen LogP contribution < -0.4 is 16.2 Å². The summed E-state index contributed by atoms with van der Waals surface area (Å²) in [4.78, 5) is 15.4. The van der Waals surface area contributed by atoms with Crippen LogP contribution in [0.3, 0.4) is 0 Å². The summed E-state index contributed by atoms with van der Waals surface area (Å²) >= 11 is 1.42. The van der Waals surface area contributed by atoms with Crippen LogP contribution >= 0.6 is 11.3 Å². The first-order valence-corrected chi connectivity index (χ1v) is 7.47. The number of rotatable bonds is 5. The van der Waals surface area contributed by atoms with Crippen molar-refractivity contribution >= 4 is 22.9 Å². The Morgan fingerprint density at radius 3 is 2.62 bits per heavy atom. The van der Waals surface area contributed by atoms with Crippen LogP contribution in [0.2, 0.25) is 0 Å². The summed E-state index contributed by atoms with van der Waals surface area (Å²) in [6.07, 6.45) is 0. The van der Waals surface area contributed by atoms with Gasteiger partial charge in [-0.25, -0.2) is 10.2 Å². The summed E-state index contributed by atoms with van der Waals surface area (Å²) < 4.78 is 13.0. The summed E-state index contributed by atoms with van der Waals surface area (Å²) in [6, 6.07) is 8.27. The molecule has 0 atom stereocenters. The third-order valence-electron chi connectivity index (χ3n) is 3.31. The van der Waals surface area contributed by atoms with Gasteiger partial charge in [0.1, 0.15) is 5.82 Å². The Balaban J connectivity index is 2.20. The van der Waals surface area contributed by atoms with E-state index in [0.29, 0.717) is 11.4 Å². The molecule has 4 nitrogen and oxygen atoms in total. The van der Waals surface area contributed by atoms with Gasteiger partial charge in [-0.3, -0.25) is 10.2 Å². The van der Waals surface area contributed by atoms with Crippen molar-refractivity contribution in [3.05, 3.63) is 51.5 Å². The van der Waals surface area contributed by atoms with Gasteiger partial charge in [-0.1, -0.05) is 0 Å². The van der Waals surface area contributed by atoms with E-state index in [1.807, 2.05) is 19.9 Å². The smallest absolute Gasteiger partial charge is 0.275 e. The zero-order valence-electron chi connectivity index (χ0n) is 12.0. The van der Waals surface area contributed by atoms with E-state index in [-0.39, 0.29) is 11.7 Å². The maximum Gasteiger partial charge on any atom is 0.275 e. The molecule has 0 fully saturated rings. The van der Waals surface area contributed by atoms with Gasteiger partial charge in [0.15, 0.2) is 0 Å². The second kappa shape index (κ2) is 6.69. The summed E-state index contributed by atoms with van der Waals surface area (Å²) in [5.74, 6) is 4.63. The Labute approximate surface area is 127 Å². The standard InChI is InChI=1S/C15H18FN3OS/c1-3-19(13-6-4-12(16)5-7-13)9-11-8-14(15(20)18-17)21-10(11)2/h4-8H,3,9,17H2,1-2H3,(H,18,20). The van der Waals surface area contributed by atoms with Gasteiger partial charge < -0.3 is 4.90 Å². The molecule has 2 aromatic rings. The van der Waals surface area contributed by atoms with Crippen LogP contribution in [0, 0.1) is 12.7 Å². The van der Waals surface area contributed by atoms with Crippen LogP contribution in [-0.2, 0) is 6.54 Å². The molecule has 1 heterocycles. The number of hydrogen-bond donors (Lipinski definition) is 2. The summed E-state index contributed by atoms with van der Waals surface area (Å²) in [6.45, 7) is 5.48. The fourth-order valence-electron chi connectivity index (χ4n) is 2.10. The number of hydrogen-bond acceptors (Lipinski definition) is 4. The fourth-order valence-corrected chi connectivity index (χ4v) is 3.04. The van der Waals surface area contributed by atoms with Crippen molar-refractivity contribution < 1.29 is 9.18 Å². The first-order valence-electron chi connectivity index (χ1n) is 6.66. The largest absolute Gasteiger partial charge is 0.367 e. The summed E-state index contributed by atoms with van der Waals surface area (Å²) in [7, 11) is 0. The maximum atomic E-state index is 13.0. The number of nitrogens with one attached hydrogen (secondary N) is 1. The predicted molar refractivity (Wildman–Crippen MR) is 83.8 cm³/mol. The Bertz CT molecular complexity index is 624. The molecule has 0 unspecified atom stereocenters. The first kappa shape index (κ1) is 15.5. The highest BCUT2D eigenvalue weighted by atomic mass is 32.1. The van der Waals surface area contributed by atoms with Gasteiger partial charge in [0, 0.05) is 23.7 Å². The molecule has 21 heavy (non-hydrogen) atoms. The molecule has 1 amide bonds. The van der Waals surface area contributed by atoms with Crippen LogP contribution in [-0.4, -0.2) is 12.5 Å². The minimum atomic E-state index is -0.279. The molecule has 0 spiro atoms. The molecule has 0 saturated carbocycles. The Hall–Kier alpha value is -1.92. The third kappa shape index (κ3) is 3.59. The van der Waals surface area contributed by atoms with Gasteiger partial charge in [0.2, 0.25) is 0 Å². The van der Waals surface area contributed by atoms with Gasteiger partial charge in [-0.2, -0.15) is 0 Å². The van der Waals surface area contributed by atoms with Gasteiger partial charge in [0.25, 0.3) is 5.91 Å². The Morgan fingerprint density at radius 2 is 2.05 bits per heavy atom. The van der Waals surface area contributed by atoms with Gasteiger partial charge in [-0.05, 0) is 49.7 Å². The molecule has 1 aromatic heterocycles. The van der Waals surface area contributed by atoms with Gasteiger partial charge in [0.05, 0.1) is 4.88 Å². The van der Waals surface area contributed by atoms with Crippen molar-refractivity contribution in [1.29, 1.82) is 0 Å². The second-order valence-electron chi connectivity index (χ2n) is 4.66. The van der Waals surface area contributed by atoms with E-state index in [4.69, 9.17) is 5.84 Å². The quantitative estimate of drug-likeness (QED) is 0.507. The van der Waals surface area contributed by atoms with E-state index in [0.717, 1.165) is 22.7 Å². The summed E-state index contributed by atoms with van der Waals surface area (Å²) in [5, 5.41) is 0. The van der Waals surface area contributed by atoms with Crippen molar-refractivity contribution in [3.63, 3.8) is 0 Å². The lowest BCUT2D eigenvalue weighted by Gasteiger charge is -2.23. The monoisotopic (exact) mass is 307 g/mol. The number of nitrogens with two attached hydrogens (primary N) is 1. The third-order valence-corrected chi connectivity index (χ3v) is 4.40. The number of anilines is 1. The highest BCUT2D eigenvalue weighted by Gasteiger charge is 2.14. The number of aryl methyl sites for hydroxylation is 1. The number of benzene rings is 1. The van der Waals surface area contributed by atoms with Crippen molar-refractivity contribution in [3.8, 4) is 0 Å². The van der Waals surface area contributed by atoms with E-state index in [1.165, 1.54) is 23.5 Å².